The molecule has 0 N–H and O–H groups in total. The molecule has 3 heterocycles. The van der Waals surface area contributed by atoms with Crippen LogP contribution in [-0.2, 0) is 19.8 Å². The third-order valence-corrected chi connectivity index (χ3v) is 4.88. The summed E-state index contributed by atoms with van der Waals surface area (Å²) in [5.41, 5.74) is 1.09. The second kappa shape index (κ2) is 6.32. The van der Waals surface area contributed by atoms with Gasteiger partial charge in [-0.2, -0.15) is 23.4 Å². The van der Waals surface area contributed by atoms with Crippen molar-refractivity contribution in [3.05, 3.63) is 46.7 Å². The standard InChI is InChI=1S/C18H19F3N6O/c1-10-12(9-26(3)24-10)8-25(2)17(28)13-7-22-27-15(18(19,20)21)6-14(11-4-5-11)23-16(13)27/h6-7,9,11H,4-5,8H2,1-3H3. The number of aryl methyl sites for hydroxylation is 2. The van der Waals surface area contributed by atoms with Crippen molar-refractivity contribution in [2.45, 2.75) is 38.4 Å². The van der Waals surface area contributed by atoms with Crippen LogP contribution in [0.5, 0.6) is 0 Å². The second-order valence-electron chi connectivity index (χ2n) is 7.21. The van der Waals surface area contributed by atoms with E-state index >= 15 is 0 Å². The molecule has 1 aliphatic rings. The normalized spacial score (nSPS) is 14.6. The van der Waals surface area contributed by atoms with Crippen LogP contribution in [0.3, 0.4) is 0 Å². The molecule has 4 rings (SSSR count). The van der Waals surface area contributed by atoms with Crippen LogP contribution in [0, 0.1) is 6.92 Å². The van der Waals surface area contributed by atoms with Crippen molar-refractivity contribution < 1.29 is 18.0 Å². The maximum atomic E-state index is 13.5. The molecule has 1 aliphatic carbocycles. The molecule has 1 amide bonds. The monoisotopic (exact) mass is 392 g/mol. The molecule has 148 valence electrons. The largest absolute Gasteiger partial charge is 0.433 e. The van der Waals surface area contributed by atoms with Gasteiger partial charge in [-0.3, -0.25) is 9.48 Å². The third kappa shape index (κ3) is 3.23. The van der Waals surface area contributed by atoms with Crippen LogP contribution in [0.15, 0.2) is 18.5 Å². The molecular formula is C18H19F3N6O. The van der Waals surface area contributed by atoms with Gasteiger partial charge >= 0.3 is 6.18 Å². The molecule has 0 bridgehead atoms. The highest BCUT2D eigenvalue weighted by Crippen LogP contribution is 2.41. The number of aromatic nitrogens is 5. The number of hydrogen-bond acceptors (Lipinski definition) is 4. The quantitative estimate of drug-likeness (QED) is 0.685. The molecular weight excluding hydrogens is 373 g/mol. The fourth-order valence-corrected chi connectivity index (χ4v) is 3.26. The summed E-state index contributed by atoms with van der Waals surface area (Å²) in [4.78, 5) is 18.7. The zero-order valence-electron chi connectivity index (χ0n) is 15.7. The van der Waals surface area contributed by atoms with Crippen molar-refractivity contribution in [2.75, 3.05) is 7.05 Å². The van der Waals surface area contributed by atoms with Crippen LogP contribution in [-0.4, -0.2) is 42.2 Å². The van der Waals surface area contributed by atoms with E-state index in [1.165, 1.54) is 4.90 Å². The van der Waals surface area contributed by atoms with E-state index in [0.717, 1.165) is 36.4 Å². The zero-order valence-corrected chi connectivity index (χ0v) is 15.7. The maximum absolute atomic E-state index is 13.5. The number of rotatable bonds is 4. The van der Waals surface area contributed by atoms with Crippen LogP contribution in [0.2, 0.25) is 0 Å². The van der Waals surface area contributed by atoms with E-state index in [2.05, 4.69) is 15.2 Å². The van der Waals surface area contributed by atoms with E-state index in [1.54, 1.807) is 25.0 Å². The zero-order chi connectivity index (χ0) is 20.2. The van der Waals surface area contributed by atoms with Crippen molar-refractivity contribution in [3.8, 4) is 0 Å². The summed E-state index contributed by atoms with van der Waals surface area (Å²) < 4.78 is 42.8. The first-order valence-electron chi connectivity index (χ1n) is 8.85. The fourth-order valence-electron chi connectivity index (χ4n) is 3.26. The van der Waals surface area contributed by atoms with E-state index < -0.39 is 17.8 Å². The first-order valence-corrected chi connectivity index (χ1v) is 8.85. The van der Waals surface area contributed by atoms with Crippen molar-refractivity contribution in [3.63, 3.8) is 0 Å². The van der Waals surface area contributed by atoms with Crippen molar-refractivity contribution in [2.24, 2.45) is 7.05 Å². The summed E-state index contributed by atoms with van der Waals surface area (Å²) in [6.45, 7) is 2.12. The lowest BCUT2D eigenvalue weighted by molar-refractivity contribution is -0.142. The SMILES string of the molecule is Cc1nn(C)cc1CN(C)C(=O)c1cnn2c(C(F)(F)F)cc(C3CC3)nc12. The first-order chi connectivity index (χ1) is 13.1. The molecule has 1 saturated carbocycles. The van der Waals surface area contributed by atoms with Gasteiger partial charge in [0.1, 0.15) is 11.3 Å². The van der Waals surface area contributed by atoms with E-state index in [-0.39, 0.29) is 23.7 Å². The molecule has 0 saturated heterocycles. The number of fused-ring (bicyclic) bond motifs is 1. The number of nitrogens with zero attached hydrogens (tertiary/aromatic N) is 6. The fraction of sp³-hybridized carbons (Fsp3) is 0.444. The minimum Gasteiger partial charge on any atom is -0.337 e. The predicted molar refractivity (Wildman–Crippen MR) is 93.7 cm³/mol. The Morgan fingerprint density at radius 2 is 2.07 bits per heavy atom. The molecule has 0 aliphatic heterocycles. The number of carbonyl (C=O) groups excluding carboxylic acids is 1. The van der Waals surface area contributed by atoms with Gasteiger partial charge in [0, 0.05) is 44.0 Å². The van der Waals surface area contributed by atoms with Gasteiger partial charge < -0.3 is 4.90 Å². The van der Waals surface area contributed by atoms with Gasteiger partial charge in [-0.25, -0.2) is 9.50 Å². The molecule has 3 aromatic rings. The first kappa shape index (κ1) is 18.5. The second-order valence-corrected chi connectivity index (χ2v) is 7.21. The van der Waals surface area contributed by atoms with Gasteiger partial charge in [0.2, 0.25) is 0 Å². The molecule has 28 heavy (non-hydrogen) atoms. The van der Waals surface area contributed by atoms with E-state index in [4.69, 9.17) is 0 Å². The minimum absolute atomic E-state index is 0.0136. The molecule has 10 heteroatoms. The Morgan fingerprint density at radius 1 is 1.36 bits per heavy atom. The highest BCUT2D eigenvalue weighted by molar-refractivity contribution is 5.99. The van der Waals surface area contributed by atoms with Gasteiger partial charge in [0.25, 0.3) is 5.91 Å². The summed E-state index contributed by atoms with van der Waals surface area (Å²) in [6, 6.07) is 1.04. The van der Waals surface area contributed by atoms with Gasteiger partial charge in [-0.05, 0) is 25.8 Å². The maximum Gasteiger partial charge on any atom is 0.433 e. The molecule has 0 radical (unpaired) electrons. The molecule has 1 fully saturated rings. The van der Waals surface area contributed by atoms with E-state index in [0.29, 0.717) is 10.2 Å². The Morgan fingerprint density at radius 3 is 2.64 bits per heavy atom. The number of halogens is 3. The average molecular weight is 392 g/mol. The predicted octanol–water partition coefficient (Wildman–Crippen LogP) is 2.94. The topological polar surface area (TPSA) is 68.3 Å². The van der Waals surface area contributed by atoms with Gasteiger partial charge in [0.05, 0.1) is 11.9 Å². The van der Waals surface area contributed by atoms with Gasteiger partial charge in [-0.1, -0.05) is 0 Å². The van der Waals surface area contributed by atoms with E-state index in [1.807, 2.05) is 6.92 Å². The lowest BCUT2D eigenvalue weighted by Gasteiger charge is -2.16. The lowest BCUT2D eigenvalue weighted by Crippen LogP contribution is -2.26. The Bertz CT molecular complexity index is 1060. The van der Waals surface area contributed by atoms with E-state index in [9.17, 15) is 18.0 Å². The van der Waals surface area contributed by atoms with Crippen molar-refractivity contribution in [1.29, 1.82) is 0 Å². The molecule has 0 aromatic carbocycles. The molecule has 0 unspecified atom stereocenters. The highest BCUT2D eigenvalue weighted by Gasteiger charge is 2.38. The molecule has 3 aromatic heterocycles. The Hall–Kier alpha value is -2.91. The third-order valence-electron chi connectivity index (χ3n) is 4.88. The van der Waals surface area contributed by atoms with Crippen molar-refractivity contribution in [1.82, 2.24) is 29.3 Å². The number of carbonyl (C=O) groups is 1. The number of alkyl halides is 3. The van der Waals surface area contributed by atoms with Crippen LogP contribution in [0.1, 0.15) is 51.8 Å². The highest BCUT2D eigenvalue weighted by atomic mass is 19.4. The van der Waals surface area contributed by atoms with Crippen LogP contribution in [0.25, 0.3) is 5.65 Å². The van der Waals surface area contributed by atoms with Crippen LogP contribution < -0.4 is 0 Å². The van der Waals surface area contributed by atoms with Crippen molar-refractivity contribution >= 4 is 11.6 Å². The summed E-state index contributed by atoms with van der Waals surface area (Å²) in [6.07, 6.45) is -0.0182. The smallest absolute Gasteiger partial charge is 0.337 e. The number of amides is 1. The number of hydrogen-bond donors (Lipinski definition) is 0. The van der Waals surface area contributed by atoms with Crippen LogP contribution >= 0.6 is 0 Å². The summed E-state index contributed by atoms with van der Waals surface area (Å²) in [5, 5.41) is 8.05. The van der Waals surface area contributed by atoms with Gasteiger partial charge in [-0.15, -0.1) is 0 Å². The van der Waals surface area contributed by atoms with Gasteiger partial charge in [0.15, 0.2) is 5.65 Å². The summed E-state index contributed by atoms with van der Waals surface area (Å²) in [7, 11) is 3.37. The Kier molecular flexibility index (Phi) is 4.16. The molecule has 0 atom stereocenters. The summed E-state index contributed by atoms with van der Waals surface area (Å²) >= 11 is 0. The molecule has 0 spiro atoms. The summed E-state index contributed by atoms with van der Waals surface area (Å²) in [5.74, 6) is -0.424. The average Bonchev–Trinajstić information content (AvgIpc) is 3.30. The minimum atomic E-state index is -4.59. The van der Waals surface area contributed by atoms with Crippen LogP contribution in [0.4, 0.5) is 13.2 Å². The Labute approximate surface area is 158 Å². The lowest BCUT2D eigenvalue weighted by atomic mass is 10.2. The molecule has 7 nitrogen and oxygen atoms in total. The Balaban J connectivity index is 1.73.